The van der Waals surface area contributed by atoms with Crippen LogP contribution in [-0.2, 0) is 0 Å². The van der Waals surface area contributed by atoms with Crippen molar-refractivity contribution in [3.63, 3.8) is 0 Å². The third kappa shape index (κ3) is 4.89. The van der Waals surface area contributed by atoms with Crippen LogP contribution >= 0.6 is 34.8 Å². The summed E-state index contributed by atoms with van der Waals surface area (Å²) in [7, 11) is 0. The van der Waals surface area contributed by atoms with Gasteiger partial charge >= 0.3 is 0 Å². The van der Waals surface area contributed by atoms with Gasteiger partial charge in [0, 0.05) is 0 Å². The molecule has 1 aromatic carbocycles. The van der Waals surface area contributed by atoms with Crippen LogP contribution in [0.2, 0.25) is 15.1 Å². The minimum Gasteiger partial charge on any atom is -0.328 e. The highest BCUT2D eigenvalue weighted by Gasteiger charge is 2.06. The van der Waals surface area contributed by atoms with Crippen LogP contribution in [-0.4, -0.2) is 10.3 Å². The number of nitrogens with two attached hydrogens (primary N) is 1. The van der Waals surface area contributed by atoms with Crippen LogP contribution in [0.1, 0.15) is 0 Å². The van der Waals surface area contributed by atoms with Crippen LogP contribution in [0.3, 0.4) is 0 Å². The average Bonchev–Trinajstić information content (AvgIpc) is 2.12. The molecule has 9 heteroatoms. The zero-order valence-corrected chi connectivity index (χ0v) is 9.34. The van der Waals surface area contributed by atoms with Crippen molar-refractivity contribution < 1.29 is 10.3 Å². The Kier molecular flexibility index (Phi) is 6.11. The predicted octanol–water partition coefficient (Wildman–Crippen LogP) is 2.58. The molecule has 0 aliphatic rings. The fourth-order valence-corrected chi connectivity index (χ4v) is 1.30. The number of hydrogen-bond acceptors (Lipinski definition) is 4. The van der Waals surface area contributed by atoms with Gasteiger partial charge in [-0.2, -0.15) is 0 Å². The molecule has 0 aliphatic carbocycles. The second-order valence-electron chi connectivity index (χ2n) is 2.10. The van der Waals surface area contributed by atoms with Gasteiger partial charge in [0.05, 0.1) is 20.8 Å². The van der Waals surface area contributed by atoms with Gasteiger partial charge in [-0.05, 0) is 12.1 Å². The number of halogens is 3. The molecule has 1 rings (SSSR count). The maximum absolute atomic E-state index is 8.36. The number of rotatable bonds is 1. The van der Waals surface area contributed by atoms with Crippen LogP contribution in [0.25, 0.3) is 0 Å². The summed E-state index contributed by atoms with van der Waals surface area (Å²) in [5.41, 5.74) is 2.80. The summed E-state index contributed by atoms with van der Waals surface area (Å²) in [6.45, 7) is 0. The van der Waals surface area contributed by atoms with Crippen LogP contribution in [0.4, 0.5) is 5.69 Å². The summed E-state index contributed by atoms with van der Waals surface area (Å²) >= 11 is 17.1. The molecule has 1 aromatic rings. The topological polar surface area (TPSA) is 101 Å². The van der Waals surface area contributed by atoms with E-state index in [1.165, 1.54) is 0 Å². The van der Waals surface area contributed by atoms with Crippen molar-refractivity contribution in [3.8, 4) is 0 Å². The van der Waals surface area contributed by atoms with Gasteiger partial charge in [0.15, 0.2) is 0 Å². The zero-order valence-electron chi connectivity index (χ0n) is 7.08. The van der Waals surface area contributed by atoms with Crippen LogP contribution < -0.4 is 11.3 Å². The molecular weight excluding hydrogens is 268 g/mol. The molecule has 0 radical (unpaired) electrons. The number of anilines is 1. The molecule has 84 valence electrons. The first kappa shape index (κ1) is 14.1. The summed E-state index contributed by atoms with van der Waals surface area (Å²) in [5.74, 6) is 5.14. The Morgan fingerprint density at radius 3 is 2.07 bits per heavy atom. The Morgan fingerprint density at radius 2 is 1.73 bits per heavy atom. The Labute approximate surface area is 99.6 Å². The highest BCUT2D eigenvalue weighted by Crippen LogP contribution is 2.34. The van der Waals surface area contributed by atoms with Gasteiger partial charge in [-0.25, -0.2) is 0 Å². The molecule has 0 aliphatic heterocycles. The first-order chi connectivity index (χ1) is 6.90. The van der Waals surface area contributed by atoms with Crippen molar-refractivity contribution >= 4 is 40.5 Å². The summed E-state index contributed by atoms with van der Waals surface area (Å²) in [5, 5.41) is 14.8. The van der Waals surface area contributed by atoms with Crippen molar-refractivity contribution in [2.75, 3.05) is 5.43 Å². The molecule has 0 bridgehead atoms. The molecule has 0 saturated heterocycles. The molecular formula is C6H6Cl3N3O3. The minimum atomic E-state index is -1.50. The Balaban J connectivity index is 0.000000423. The van der Waals surface area contributed by atoms with Gasteiger partial charge in [0.2, 0.25) is 0 Å². The van der Waals surface area contributed by atoms with Crippen molar-refractivity contribution in [3.05, 3.63) is 37.3 Å². The maximum Gasteiger partial charge on any atom is 0.291 e. The molecule has 0 aromatic heterocycles. The minimum absolute atomic E-state index is 0.335. The smallest absolute Gasteiger partial charge is 0.291 e. The fourth-order valence-electron chi connectivity index (χ4n) is 0.659. The van der Waals surface area contributed by atoms with Crippen molar-refractivity contribution in [1.82, 2.24) is 0 Å². The van der Waals surface area contributed by atoms with E-state index in [4.69, 9.17) is 56.0 Å². The molecule has 0 unspecified atom stereocenters. The van der Waals surface area contributed by atoms with Gasteiger partial charge in [-0.3, -0.25) is 5.84 Å². The van der Waals surface area contributed by atoms with E-state index in [0.29, 0.717) is 20.8 Å². The summed E-state index contributed by atoms with van der Waals surface area (Å²) in [4.78, 5) is 8.36. The maximum atomic E-state index is 8.36. The summed E-state index contributed by atoms with van der Waals surface area (Å²) in [6, 6.07) is 3.22. The van der Waals surface area contributed by atoms with E-state index < -0.39 is 5.09 Å². The van der Waals surface area contributed by atoms with Crippen LogP contribution in [0, 0.1) is 10.1 Å². The summed E-state index contributed by atoms with van der Waals surface area (Å²) < 4.78 is 0. The van der Waals surface area contributed by atoms with Crippen molar-refractivity contribution in [2.45, 2.75) is 0 Å². The second-order valence-corrected chi connectivity index (χ2v) is 3.29. The number of benzene rings is 1. The zero-order chi connectivity index (χ0) is 12.0. The fraction of sp³-hybridized carbons (Fsp3) is 0. The Bertz CT molecular complexity index is 357. The third-order valence-electron chi connectivity index (χ3n) is 1.19. The van der Waals surface area contributed by atoms with Gasteiger partial charge in [-0.15, -0.1) is 10.1 Å². The molecule has 4 N–H and O–H groups in total. The molecule has 0 fully saturated rings. The van der Waals surface area contributed by atoms with Crippen LogP contribution in [0.15, 0.2) is 12.1 Å². The number of hydrogen-bond donors (Lipinski definition) is 3. The highest BCUT2D eigenvalue weighted by atomic mass is 35.5. The molecule has 0 atom stereocenters. The molecule has 0 saturated carbocycles. The van der Waals surface area contributed by atoms with Gasteiger partial charge < -0.3 is 10.6 Å². The normalized spacial score (nSPS) is 8.80. The molecule has 0 amide bonds. The third-order valence-corrected chi connectivity index (χ3v) is 2.31. The standard InChI is InChI=1S/C6H5Cl3N2.HNO3/c7-3-1-2-4(8)6(11-10)5(3)9;2-1(3)4/h1-2,11H,10H2;(H,2,3,4). The number of nitrogen functional groups attached to an aromatic ring is 1. The Hall–Kier alpha value is -0.950. The average molecular weight is 274 g/mol. The van der Waals surface area contributed by atoms with Gasteiger partial charge in [0.25, 0.3) is 5.09 Å². The lowest BCUT2D eigenvalue weighted by Gasteiger charge is -2.05. The van der Waals surface area contributed by atoms with Gasteiger partial charge in [0.1, 0.15) is 0 Å². The van der Waals surface area contributed by atoms with Crippen LogP contribution in [0.5, 0.6) is 0 Å². The van der Waals surface area contributed by atoms with E-state index in [2.05, 4.69) is 5.43 Å². The van der Waals surface area contributed by atoms with E-state index in [9.17, 15) is 0 Å². The van der Waals surface area contributed by atoms with E-state index in [1.54, 1.807) is 12.1 Å². The summed E-state index contributed by atoms with van der Waals surface area (Å²) in [6.07, 6.45) is 0. The molecule has 6 nitrogen and oxygen atoms in total. The number of nitrogens with zero attached hydrogens (tertiary/aromatic N) is 1. The first-order valence-corrected chi connectivity index (χ1v) is 4.47. The highest BCUT2D eigenvalue weighted by molar-refractivity contribution is 6.46. The van der Waals surface area contributed by atoms with Gasteiger partial charge in [-0.1, -0.05) is 34.8 Å². The lowest BCUT2D eigenvalue weighted by molar-refractivity contribution is -0.742. The van der Waals surface area contributed by atoms with Crippen molar-refractivity contribution in [2.24, 2.45) is 5.84 Å². The molecule has 0 spiro atoms. The lowest BCUT2D eigenvalue weighted by atomic mass is 10.3. The van der Waals surface area contributed by atoms with E-state index in [1.807, 2.05) is 0 Å². The van der Waals surface area contributed by atoms with Crippen molar-refractivity contribution in [1.29, 1.82) is 0 Å². The largest absolute Gasteiger partial charge is 0.328 e. The van der Waals surface area contributed by atoms with E-state index in [-0.39, 0.29) is 0 Å². The number of nitrogens with one attached hydrogen (secondary N) is 1. The lowest BCUT2D eigenvalue weighted by Crippen LogP contribution is -2.07. The monoisotopic (exact) mass is 273 g/mol. The predicted molar refractivity (Wildman–Crippen MR) is 58.1 cm³/mol. The Morgan fingerprint density at radius 1 is 1.33 bits per heavy atom. The number of hydrazine groups is 1. The second kappa shape index (κ2) is 6.52. The van der Waals surface area contributed by atoms with E-state index >= 15 is 0 Å². The van der Waals surface area contributed by atoms with E-state index in [0.717, 1.165) is 0 Å². The molecule has 15 heavy (non-hydrogen) atoms. The SMILES string of the molecule is NNc1c(Cl)ccc(Cl)c1Cl.O=[N+]([O-])O. The molecule has 0 heterocycles. The first-order valence-electron chi connectivity index (χ1n) is 3.33. The quantitative estimate of drug-likeness (QED) is 0.316.